The largest absolute Gasteiger partial charge is 0.463 e. The van der Waals surface area contributed by atoms with E-state index in [0.717, 1.165) is 30.7 Å². The van der Waals surface area contributed by atoms with Gasteiger partial charge < -0.3 is 18.9 Å². The Morgan fingerprint density at radius 2 is 1.75 bits per heavy atom. The van der Waals surface area contributed by atoms with Gasteiger partial charge in [-0.05, 0) is 0 Å². The number of rotatable bonds is 6. The lowest BCUT2D eigenvalue weighted by Crippen LogP contribution is -2.42. The zero-order valence-electron chi connectivity index (χ0n) is 15.9. The molecular weight excluding hydrogens is 376 g/mol. The Hall–Kier alpha value is -2.95. The summed E-state index contributed by atoms with van der Waals surface area (Å²) in [4.78, 5) is 60.4. The molecule has 1 aliphatic rings. The van der Waals surface area contributed by atoms with Gasteiger partial charge in [0.2, 0.25) is 0 Å². The molecule has 11 heteroatoms. The van der Waals surface area contributed by atoms with E-state index in [9.17, 15) is 24.0 Å². The van der Waals surface area contributed by atoms with Crippen molar-refractivity contribution in [2.75, 3.05) is 6.61 Å². The summed E-state index contributed by atoms with van der Waals surface area (Å²) in [6, 6.07) is 1.09. The molecule has 1 saturated heterocycles. The first-order valence-electron chi connectivity index (χ1n) is 8.58. The summed E-state index contributed by atoms with van der Waals surface area (Å²) in [5.74, 6) is -2.28. The van der Waals surface area contributed by atoms with Crippen LogP contribution in [0.5, 0.6) is 0 Å². The molecule has 154 valence electrons. The topological polar surface area (TPSA) is 143 Å². The molecule has 0 radical (unpaired) electrons. The Morgan fingerprint density at radius 1 is 1.14 bits per heavy atom. The molecule has 0 bridgehead atoms. The lowest BCUT2D eigenvalue weighted by Gasteiger charge is -2.23. The van der Waals surface area contributed by atoms with E-state index in [-0.39, 0.29) is 6.61 Å². The van der Waals surface area contributed by atoms with Crippen LogP contribution in [0.25, 0.3) is 0 Å². The van der Waals surface area contributed by atoms with Crippen LogP contribution < -0.4 is 11.2 Å². The number of aromatic amines is 1. The van der Waals surface area contributed by atoms with Crippen molar-refractivity contribution < 1.29 is 33.3 Å². The Morgan fingerprint density at radius 3 is 2.29 bits per heavy atom. The fourth-order valence-electron chi connectivity index (χ4n) is 2.68. The normalized spacial score (nSPS) is 24.0. The maximum Gasteiger partial charge on any atom is 0.330 e. The van der Waals surface area contributed by atoms with Crippen LogP contribution in [-0.4, -0.2) is 52.4 Å². The number of nitrogens with zero attached hydrogens (tertiary/aromatic N) is 1. The lowest BCUT2D eigenvalue weighted by molar-refractivity contribution is -0.167. The number of nitrogens with one attached hydrogen (secondary N) is 1. The average molecular weight is 398 g/mol. The van der Waals surface area contributed by atoms with Crippen LogP contribution in [-0.2, 0) is 33.3 Å². The SMILES string of the molecule is CC(=O)OC1C(COC(=O)C(C)C)OC(n2ccc(=O)[nH]c2=O)C1OC(C)=O. The van der Waals surface area contributed by atoms with Gasteiger partial charge in [0.05, 0.1) is 5.92 Å². The number of carbonyl (C=O) groups excluding carboxylic acids is 3. The molecule has 11 nitrogen and oxygen atoms in total. The maximum absolute atomic E-state index is 12.1. The summed E-state index contributed by atoms with van der Waals surface area (Å²) in [5, 5.41) is 0. The fourth-order valence-corrected chi connectivity index (χ4v) is 2.68. The maximum atomic E-state index is 12.1. The molecule has 1 fully saturated rings. The molecule has 2 rings (SSSR count). The minimum atomic E-state index is -1.21. The predicted molar refractivity (Wildman–Crippen MR) is 92.1 cm³/mol. The van der Waals surface area contributed by atoms with Crippen LogP contribution in [0.2, 0.25) is 0 Å². The highest BCUT2D eigenvalue weighted by molar-refractivity contribution is 5.71. The Kier molecular flexibility index (Phi) is 6.73. The van der Waals surface area contributed by atoms with Crippen molar-refractivity contribution in [2.45, 2.75) is 52.2 Å². The minimum Gasteiger partial charge on any atom is -0.463 e. The molecule has 4 atom stereocenters. The third-order valence-electron chi connectivity index (χ3n) is 3.88. The van der Waals surface area contributed by atoms with Gasteiger partial charge in [-0.3, -0.25) is 28.7 Å². The van der Waals surface area contributed by atoms with E-state index in [1.165, 1.54) is 0 Å². The van der Waals surface area contributed by atoms with Crippen LogP contribution in [0.1, 0.15) is 33.9 Å². The molecule has 0 spiro atoms. The molecule has 1 aromatic rings. The molecule has 1 aromatic heterocycles. The summed E-state index contributed by atoms with van der Waals surface area (Å²) >= 11 is 0. The summed E-state index contributed by atoms with van der Waals surface area (Å²) in [7, 11) is 0. The fraction of sp³-hybridized carbons (Fsp3) is 0.588. The molecule has 1 aliphatic heterocycles. The monoisotopic (exact) mass is 398 g/mol. The number of hydrogen-bond acceptors (Lipinski definition) is 9. The highest BCUT2D eigenvalue weighted by atomic mass is 16.7. The first-order chi connectivity index (χ1) is 13.1. The second-order valence-corrected chi connectivity index (χ2v) is 6.52. The quantitative estimate of drug-likeness (QED) is 0.495. The minimum absolute atomic E-state index is 0.290. The number of hydrogen-bond donors (Lipinski definition) is 1. The van der Waals surface area contributed by atoms with Gasteiger partial charge in [0.15, 0.2) is 18.4 Å². The summed E-state index contributed by atoms with van der Waals surface area (Å²) in [5.41, 5.74) is -1.43. The highest BCUT2D eigenvalue weighted by Gasteiger charge is 2.50. The number of carbonyl (C=O) groups is 3. The van der Waals surface area contributed by atoms with E-state index in [2.05, 4.69) is 4.98 Å². The summed E-state index contributed by atoms with van der Waals surface area (Å²) in [6.45, 7) is 5.30. The van der Waals surface area contributed by atoms with E-state index in [1.54, 1.807) is 13.8 Å². The predicted octanol–water partition coefficient (Wildman–Crippen LogP) is -0.503. The number of H-pyrrole nitrogens is 1. The molecule has 1 N–H and O–H groups in total. The molecule has 2 heterocycles. The van der Waals surface area contributed by atoms with Gasteiger partial charge in [-0.1, -0.05) is 13.8 Å². The number of aromatic nitrogens is 2. The van der Waals surface area contributed by atoms with Gasteiger partial charge >= 0.3 is 23.6 Å². The second kappa shape index (κ2) is 8.83. The Balaban J connectivity index is 2.38. The second-order valence-electron chi connectivity index (χ2n) is 6.52. The van der Waals surface area contributed by atoms with E-state index in [0.29, 0.717) is 0 Å². The van der Waals surface area contributed by atoms with Crippen molar-refractivity contribution in [1.29, 1.82) is 0 Å². The van der Waals surface area contributed by atoms with E-state index >= 15 is 0 Å². The van der Waals surface area contributed by atoms with Gasteiger partial charge in [-0.2, -0.15) is 0 Å². The van der Waals surface area contributed by atoms with Crippen LogP contribution in [0.3, 0.4) is 0 Å². The van der Waals surface area contributed by atoms with Gasteiger partial charge in [0, 0.05) is 26.1 Å². The standard InChI is InChI=1S/C17H22N2O9/c1-8(2)16(23)25-7-11-13(26-9(3)20)14(27-10(4)21)15(28-11)19-6-5-12(22)18-17(19)24/h5-6,8,11,13-15H,7H2,1-4H3,(H,18,22,24). The molecule has 0 saturated carbocycles. The van der Waals surface area contributed by atoms with Crippen molar-refractivity contribution in [3.8, 4) is 0 Å². The zero-order valence-corrected chi connectivity index (χ0v) is 15.9. The first kappa shape index (κ1) is 21.4. The van der Waals surface area contributed by atoms with Crippen molar-refractivity contribution in [3.05, 3.63) is 33.1 Å². The smallest absolute Gasteiger partial charge is 0.330 e. The lowest BCUT2D eigenvalue weighted by atomic mass is 10.1. The molecular formula is C17H22N2O9. The van der Waals surface area contributed by atoms with Crippen molar-refractivity contribution in [2.24, 2.45) is 5.92 Å². The number of esters is 3. The average Bonchev–Trinajstić information content (AvgIpc) is 2.89. The van der Waals surface area contributed by atoms with Crippen LogP contribution >= 0.6 is 0 Å². The summed E-state index contributed by atoms with van der Waals surface area (Å²) < 4.78 is 22.3. The third-order valence-corrected chi connectivity index (χ3v) is 3.88. The first-order valence-corrected chi connectivity index (χ1v) is 8.58. The zero-order chi connectivity index (χ0) is 21.0. The summed E-state index contributed by atoms with van der Waals surface area (Å²) in [6.07, 6.45) is -3.38. The van der Waals surface area contributed by atoms with E-state index < -0.39 is 59.6 Å². The Bertz CT molecular complexity index is 857. The van der Waals surface area contributed by atoms with Crippen LogP contribution in [0.15, 0.2) is 21.9 Å². The number of ether oxygens (including phenoxy) is 4. The van der Waals surface area contributed by atoms with Gasteiger partial charge in [0.25, 0.3) is 5.56 Å². The Labute approximate surface area is 159 Å². The van der Waals surface area contributed by atoms with Crippen LogP contribution in [0.4, 0.5) is 0 Å². The van der Waals surface area contributed by atoms with Crippen LogP contribution in [0, 0.1) is 5.92 Å². The van der Waals surface area contributed by atoms with Crippen molar-refractivity contribution in [1.82, 2.24) is 9.55 Å². The van der Waals surface area contributed by atoms with Gasteiger partial charge in [-0.25, -0.2) is 4.79 Å². The molecule has 0 amide bonds. The molecule has 0 aliphatic carbocycles. The van der Waals surface area contributed by atoms with Gasteiger partial charge in [-0.15, -0.1) is 0 Å². The molecule has 4 unspecified atom stereocenters. The van der Waals surface area contributed by atoms with E-state index in [4.69, 9.17) is 18.9 Å². The molecule has 0 aromatic carbocycles. The molecule has 28 heavy (non-hydrogen) atoms. The van der Waals surface area contributed by atoms with E-state index in [1.807, 2.05) is 0 Å². The van der Waals surface area contributed by atoms with Crippen molar-refractivity contribution in [3.63, 3.8) is 0 Å². The highest BCUT2D eigenvalue weighted by Crippen LogP contribution is 2.33. The third kappa shape index (κ3) is 5.06. The van der Waals surface area contributed by atoms with Gasteiger partial charge in [0.1, 0.15) is 12.7 Å². The van der Waals surface area contributed by atoms with Crippen molar-refractivity contribution >= 4 is 17.9 Å².